The third kappa shape index (κ3) is 4.23. The van der Waals surface area contributed by atoms with Crippen molar-refractivity contribution in [3.05, 3.63) is 35.4 Å². The molecule has 0 unspecified atom stereocenters. The monoisotopic (exact) mass is 362 g/mol. The van der Waals surface area contributed by atoms with Gasteiger partial charge in [0, 0.05) is 25.2 Å². The molecule has 0 spiro atoms. The Bertz CT molecular complexity index is 642. The summed E-state index contributed by atoms with van der Waals surface area (Å²) >= 11 is 0. The molecule has 3 rings (SSSR count). The van der Waals surface area contributed by atoms with Gasteiger partial charge in [0.15, 0.2) is 0 Å². The van der Waals surface area contributed by atoms with Gasteiger partial charge >= 0.3 is 0 Å². The van der Waals surface area contributed by atoms with Crippen LogP contribution in [-0.4, -0.2) is 71.0 Å². The molecule has 0 saturated carbocycles. The summed E-state index contributed by atoms with van der Waals surface area (Å²) in [7, 11) is 0. The minimum absolute atomic E-state index is 0.0423. The Balaban J connectivity index is 1.51. The molecule has 7 nitrogen and oxygen atoms in total. The zero-order valence-corrected chi connectivity index (χ0v) is 14.9. The second kappa shape index (κ2) is 8.16. The average Bonchev–Trinajstić information content (AvgIpc) is 3.25. The summed E-state index contributed by atoms with van der Waals surface area (Å²) in [5, 5.41) is 23.1. The summed E-state index contributed by atoms with van der Waals surface area (Å²) in [6, 6.07) is 7.14. The molecular weight excluding hydrogens is 336 g/mol. The summed E-state index contributed by atoms with van der Waals surface area (Å²) in [4.78, 5) is 26.1. The molecule has 26 heavy (non-hydrogen) atoms. The van der Waals surface area contributed by atoms with Crippen molar-refractivity contribution in [2.75, 3.05) is 19.6 Å². The fourth-order valence-corrected chi connectivity index (χ4v) is 3.43. The summed E-state index contributed by atoms with van der Waals surface area (Å²) in [5.41, 5.74) is 1.58. The maximum atomic E-state index is 12.2. The molecule has 0 radical (unpaired) electrons. The molecule has 7 heteroatoms. The number of hydrogen-bond donors (Lipinski definition) is 3. The van der Waals surface area contributed by atoms with Crippen LogP contribution in [0.25, 0.3) is 0 Å². The Morgan fingerprint density at radius 1 is 1.12 bits per heavy atom. The third-order valence-electron chi connectivity index (χ3n) is 5.07. The second-order valence-electron chi connectivity index (χ2n) is 7.06. The van der Waals surface area contributed by atoms with Crippen molar-refractivity contribution >= 4 is 11.8 Å². The van der Waals surface area contributed by atoms with Crippen LogP contribution in [0.5, 0.6) is 0 Å². The smallest absolute Gasteiger partial charge is 0.251 e. The van der Waals surface area contributed by atoms with Gasteiger partial charge in [-0.2, -0.15) is 0 Å². The fraction of sp³-hybridized carbons (Fsp3) is 0.579. The van der Waals surface area contributed by atoms with Crippen LogP contribution in [0, 0.1) is 6.92 Å². The molecule has 0 bridgehead atoms. The van der Waals surface area contributed by atoms with Crippen LogP contribution in [0.2, 0.25) is 0 Å². The van der Waals surface area contributed by atoms with Gasteiger partial charge in [0.1, 0.15) is 18.3 Å². The number of benzene rings is 1. The highest BCUT2D eigenvalue weighted by atomic mass is 16.5. The van der Waals surface area contributed by atoms with Gasteiger partial charge in [0.25, 0.3) is 5.91 Å². The average molecular weight is 362 g/mol. The highest BCUT2D eigenvalue weighted by Gasteiger charge is 2.43. The van der Waals surface area contributed by atoms with E-state index in [1.54, 1.807) is 17.0 Å². The Kier molecular flexibility index (Phi) is 5.90. The Morgan fingerprint density at radius 2 is 1.73 bits per heavy atom. The number of aliphatic hydroxyl groups is 2. The van der Waals surface area contributed by atoms with Crippen molar-refractivity contribution in [2.24, 2.45) is 0 Å². The minimum atomic E-state index is -1.14. The Labute approximate surface area is 152 Å². The number of nitrogens with zero attached hydrogens (tertiary/aromatic N) is 1. The summed E-state index contributed by atoms with van der Waals surface area (Å²) in [6.07, 6.45) is -1.73. The van der Waals surface area contributed by atoms with E-state index in [-0.39, 0.29) is 24.8 Å². The van der Waals surface area contributed by atoms with E-state index in [1.165, 1.54) is 0 Å². The molecule has 1 aromatic carbocycles. The standard InChI is InChI=1S/C19H26N2O5/c1-12-4-6-13(7-5-12)19(25)20-11-15-18(24)17(23)14(26-15)10-16(22)21-8-2-3-9-21/h4-7,14-15,17-18,23-24H,2-3,8-11H2,1H3,(H,20,25)/t14-,15-,17-,18+/m0/s1. The number of likely N-dealkylation sites (tertiary alicyclic amines) is 1. The van der Waals surface area contributed by atoms with Crippen LogP contribution in [0.3, 0.4) is 0 Å². The van der Waals surface area contributed by atoms with Gasteiger partial charge in [0.2, 0.25) is 5.91 Å². The maximum Gasteiger partial charge on any atom is 0.251 e. The van der Waals surface area contributed by atoms with E-state index in [2.05, 4.69) is 5.32 Å². The number of amides is 2. The van der Waals surface area contributed by atoms with E-state index in [0.717, 1.165) is 31.5 Å². The minimum Gasteiger partial charge on any atom is -0.388 e. The van der Waals surface area contributed by atoms with Crippen LogP contribution < -0.4 is 5.32 Å². The molecular formula is C19H26N2O5. The van der Waals surface area contributed by atoms with Crippen molar-refractivity contribution in [1.82, 2.24) is 10.2 Å². The zero-order valence-electron chi connectivity index (χ0n) is 14.9. The molecule has 1 aromatic rings. The van der Waals surface area contributed by atoms with Crippen molar-refractivity contribution in [3.8, 4) is 0 Å². The first kappa shape index (κ1) is 18.8. The van der Waals surface area contributed by atoms with Gasteiger partial charge in [0.05, 0.1) is 12.5 Å². The van der Waals surface area contributed by atoms with E-state index < -0.39 is 24.4 Å². The van der Waals surface area contributed by atoms with Gasteiger partial charge in [-0.05, 0) is 31.9 Å². The lowest BCUT2D eigenvalue weighted by Gasteiger charge is -2.19. The molecule has 0 aromatic heterocycles. The molecule has 3 N–H and O–H groups in total. The largest absolute Gasteiger partial charge is 0.388 e. The normalized spacial score (nSPS) is 28.3. The SMILES string of the molecule is Cc1ccc(C(=O)NC[C@@H]2O[C@@H](CC(=O)N3CCCC3)[C@H](O)[C@@H]2O)cc1. The first-order chi connectivity index (χ1) is 12.5. The number of hydrogen-bond acceptors (Lipinski definition) is 5. The predicted molar refractivity (Wildman–Crippen MR) is 94.6 cm³/mol. The van der Waals surface area contributed by atoms with Gasteiger partial charge < -0.3 is 25.2 Å². The predicted octanol–water partition coefficient (Wildman–Crippen LogP) is 0.227. The van der Waals surface area contributed by atoms with Gasteiger partial charge in [-0.25, -0.2) is 0 Å². The van der Waals surface area contributed by atoms with E-state index in [9.17, 15) is 19.8 Å². The number of nitrogens with one attached hydrogen (secondary N) is 1. The fourth-order valence-electron chi connectivity index (χ4n) is 3.43. The number of ether oxygens (including phenoxy) is 1. The molecule has 2 heterocycles. The number of aryl methyl sites for hydroxylation is 1. The number of rotatable bonds is 5. The van der Waals surface area contributed by atoms with Gasteiger partial charge in [-0.3, -0.25) is 9.59 Å². The molecule has 2 amide bonds. The Morgan fingerprint density at radius 3 is 2.38 bits per heavy atom. The van der Waals surface area contributed by atoms with Crippen molar-refractivity contribution in [2.45, 2.75) is 50.6 Å². The number of aliphatic hydroxyl groups excluding tert-OH is 2. The van der Waals surface area contributed by atoms with Crippen LogP contribution in [-0.2, 0) is 9.53 Å². The van der Waals surface area contributed by atoms with Crippen LogP contribution in [0.1, 0.15) is 35.2 Å². The van der Waals surface area contributed by atoms with Crippen molar-refractivity contribution in [3.63, 3.8) is 0 Å². The van der Waals surface area contributed by atoms with Crippen molar-refractivity contribution in [1.29, 1.82) is 0 Å². The summed E-state index contributed by atoms with van der Waals surface area (Å²) in [6.45, 7) is 3.48. The molecule has 2 aliphatic heterocycles. The topological polar surface area (TPSA) is 99.1 Å². The van der Waals surface area contributed by atoms with E-state index >= 15 is 0 Å². The van der Waals surface area contributed by atoms with Gasteiger partial charge in [-0.15, -0.1) is 0 Å². The first-order valence-electron chi connectivity index (χ1n) is 9.10. The Hall–Kier alpha value is -1.96. The lowest BCUT2D eigenvalue weighted by molar-refractivity contribution is -0.134. The third-order valence-corrected chi connectivity index (χ3v) is 5.07. The lowest BCUT2D eigenvalue weighted by Crippen LogP contribution is -2.40. The summed E-state index contributed by atoms with van der Waals surface area (Å²) in [5.74, 6) is -0.338. The van der Waals surface area contributed by atoms with E-state index in [4.69, 9.17) is 4.74 Å². The quantitative estimate of drug-likeness (QED) is 0.696. The van der Waals surface area contributed by atoms with E-state index in [1.807, 2.05) is 19.1 Å². The van der Waals surface area contributed by atoms with Crippen LogP contribution in [0.4, 0.5) is 0 Å². The molecule has 2 saturated heterocycles. The highest BCUT2D eigenvalue weighted by molar-refractivity contribution is 5.94. The number of carbonyl (C=O) groups is 2. The molecule has 142 valence electrons. The molecule has 4 atom stereocenters. The van der Waals surface area contributed by atoms with Crippen molar-refractivity contribution < 1.29 is 24.5 Å². The van der Waals surface area contributed by atoms with Crippen LogP contribution in [0.15, 0.2) is 24.3 Å². The maximum absolute atomic E-state index is 12.2. The second-order valence-corrected chi connectivity index (χ2v) is 7.06. The zero-order chi connectivity index (χ0) is 18.7. The summed E-state index contributed by atoms with van der Waals surface area (Å²) < 4.78 is 5.66. The lowest BCUT2D eigenvalue weighted by atomic mass is 10.0. The van der Waals surface area contributed by atoms with E-state index in [0.29, 0.717) is 5.56 Å². The number of carbonyl (C=O) groups excluding carboxylic acids is 2. The van der Waals surface area contributed by atoms with Gasteiger partial charge in [-0.1, -0.05) is 17.7 Å². The van der Waals surface area contributed by atoms with Crippen LogP contribution >= 0.6 is 0 Å². The molecule has 0 aliphatic carbocycles. The molecule has 2 fully saturated rings. The highest BCUT2D eigenvalue weighted by Crippen LogP contribution is 2.24. The molecule has 2 aliphatic rings. The first-order valence-corrected chi connectivity index (χ1v) is 9.10.